The number of nitrogens with zero attached hydrogens (tertiary/aromatic N) is 2. The molecule has 0 amide bonds. The molecule has 34 heavy (non-hydrogen) atoms. The topological polar surface area (TPSA) is 62.7 Å². The monoisotopic (exact) mass is 496 g/mol. The van der Waals surface area contributed by atoms with Crippen molar-refractivity contribution in [3.63, 3.8) is 0 Å². The first kappa shape index (κ1) is 25.0. The van der Waals surface area contributed by atoms with Gasteiger partial charge in [0.2, 0.25) is 0 Å². The van der Waals surface area contributed by atoms with Crippen molar-refractivity contribution >= 4 is 17.3 Å². The SMILES string of the molecule is CC(C)(C)C1CN(Cc2cnc(-c3cc(F)ccc3OC(F)F)s2)C[C@](CC2CC2)(C(=O)O)C1. The Balaban J connectivity index is 1.58. The van der Waals surface area contributed by atoms with Crippen LogP contribution in [0.1, 0.15) is 51.3 Å². The number of ether oxygens (including phenoxy) is 1. The lowest BCUT2D eigenvalue weighted by Crippen LogP contribution is -2.53. The molecule has 1 aromatic carbocycles. The fourth-order valence-electron chi connectivity index (χ4n) is 4.96. The number of likely N-dealkylation sites (tertiary alicyclic amines) is 1. The third-order valence-electron chi connectivity index (χ3n) is 7.02. The summed E-state index contributed by atoms with van der Waals surface area (Å²) in [6.07, 6.45) is 5.23. The molecule has 5 nitrogen and oxygen atoms in total. The molecule has 186 valence electrons. The number of carboxylic acids is 1. The molecular weight excluding hydrogens is 465 g/mol. The Morgan fingerprint density at radius 1 is 1.35 bits per heavy atom. The van der Waals surface area contributed by atoms with Crippen LogP contribution in [-0.2, 0) is 11.3 Å². The molecular formula is C25H31F3N2O3S. The zero-order valence-corrected chi connectivity index (χ0v) is 20.5. The average Bonchev–Trinajstić information content (AvgIpc) is 3.42. The second kappa shape index (κ2) is 9.49. The van der Waals surface area contributed by atoms with Gasteiger partial charge in [-0.25, -0.2) is 9.37 Å². The molecule has 9 heteroatoms. The van der Waals surface area contributed by atoms with Crippen molar-refractivity contribution in [1.29, 1.82) is 0 Å². The van der Waals surface area contributed by atoms with E-state index < -0.39 is 23.8 Å². The number of aromatic nitrogens is 1. The normalized spacial score (nSPS) is 23.9. The Kier molecular flexibility index (Phi) is 6.97. The zero-order valence-electron chi connectivity index (χ0n) is 19.7. The minimum atomic E-state index is -3.03. The number of alkyl halides is 2. The molecule has 2 fully saturated rings. The number of halogens is 3. The third-order valence-corrected chi connectivity index (χ3v) is 8.03. The Bertz CT molecular complexity index is 1030. The van der Waals surface area contributed by atoms with Gasteiger partial charge >= 0.3 is 12.6 Å². The van der Waals surface area contributed by atoms with Crippen molar-refractivity contribution in [2.75, 3.05) is 13.1 Å². The summed E-state index contributed by atoms with van der Waals surface area (Å²) in [4.78, 5) is 19.9. The van der Waals surface area contributed by atoms with E-state index in [1.165, 1.54) is 17.4 Å². The number of hydrogen-bond donors (Lipinski definition) is 1. The Morgan fingerprint density at radius 2 is 2.09 bits per heavy atom. The van der Waals surface area contributed by atoms with Crippen molar-refractivity contribution < 1.29 is 27.8 Å². The molecule has 2 heterocycles. The van der Waals surface area contributed by atoms with Crippen LogP contribution in [0, 0.1) is 28.5 Å². The lowest BCUT2D eigenvalue weighted by atomic mass is 9.65. The van der Waals surface area contributed by atoms with E-state index in [9.17, 15) is 23.1 Å². The minimum absolute atomic E-state index is 0.0368. The second-order valence-electron chi connectivity index (χ2n) is 10.8. The maximum atomic E-state index is 13.8. The molecule has 2 aromatic rings. The van der Waals surface area contributed by atoms with Gasteiger partial charge in [-0.3, -0.25) is 9.69 Å². The Morgan fingerprint density at radius 3 is 2.71 bits per heavy atom. The van der Waals surface area contributed by atoms with E-state index in [4.69, 9.17) is 0 Å². The molecule has 1 aromatic heterocycles. The summed E-state index contributed by atoms with van der Waals surface area (Å²) in [5.41, 5.74) is -0.632. The smallest absolute Gasteiger partial charge is 0.387 e. The Hall–Kier alpha value is -2.13. The van der Waals surface area contributed by atoms with Crippen molar-refractivity contribution in [2.45, 2.75) is 59.6 Å². The van der Waals surface area contributed by atoms with Crippen molar-refractivity contribution in [2.24, 2.45) is 22.7 Å². The molecule has 1 aliphatic heterocycles. The summed E-state index contributed by atoms with van der Waals surface area (Å²) in [5.74, 6) is -0.705. The van der Waals surface area contributed by atoms with Crippen LogP contribution >= 0.6 is 11.3 Å². The number of thiazole rings is 1. The highest BCUT2D eigenvalue weighted by Gasteiger charge is 2.50. The summed E-state index contributed by atoms with van der Waals surface area (Å²) < 4.78 is 44.0. The van der Waals surface area contributed by atoms with Crippen LogP contribution in [-0.4, -0.2) is 40.7 Å². The minimum Gasteiger partial charge on any atom is -0.481 e. The number of carboxylic acid groups (broad SMARTS) is 1. The van der Waals surface area contributed by atoms with E-state index in [0.29, 0.717) is 36.9 Å². The summed E-state index contributed by atoms with van der Waals surface area (Å²) in [5, 5.41) is 10.7. The summed E-state index contributed by atoms with van der Waals surface area (Å²) in [7, 11) is 0. The predicted molar refractivity (Wildman–Crippen MR) is 124 cm³/mol. The summed E-state index contributed by atoms with van der Waals surface area (Å²) >= 11 is 1.28. The van der Waals surface area contributed by atoms with Gasteiger partial charge in [0.05, 0.1) is 11.0 Å². The van der Waals surface area contributed by atoms with Crippen molar-refractivity contribution in [3.8, 4) is 16.3 Å². The highest BCUT2D eigenvalue weighted by atomic mass is 32.1. The number of piperidine rings is 1. The average molecular weight is 497 g/mol. The van der Waals surface area contributed by atoms with Gasteiger partial charge in [0.25, 0.3) is 0 Å². The predicted octanol–water partition coefficient (Wildman–Crippen LogP) is 6.29. The Labute approximate surface area is 202 Å². The highest BCUT2D eigenvalue weighted by Crippen LogP contribution is 2.49. The molecule has 1 saturated heterocycles. The number of carbonyl (C=O) groups is 1. The van der Waals surface area contributed by atoms with Crippen LogP contribution in [0.5, 0.6) is 5.75 Å². The first-order valence-corrected chi connectivity index (χ1v) is 12.4. The molecule has 0 radical (unpaired) electrons. The number of rotatable bonds is 8. The first-order chi connectivity index (χ1) is 15.9. The number of aliphatic carboxylic acids is 1. The van der Waals surface area contributed by atoms with Gasteiger partial charge in [-0.05, 0) is 48.3 Å². The summed E-state index contributed by atoms with van der Waals surface area (Å²) in [6.45, 7) is 5.19. The molecule has 1 N–H and O–H groups in total. The van der Waals surface area contributed by atoms with Crippen LogP contribution in [0.25, 0.3) is 10.6 Å². The summed E-state index contributed by atoms with van der Waals surface area (Å²) in [6, 6.07) is 3.39. The van der Waals surface area contributed by atoms with Gasteiger partial charge in [0.15, 0.2) is 0 Å². The molecule has 1 saturated carbocycles. The van der Waals surface area contributed by atoms with Gasteiger partial charge in [-0.15, -0.1) is 11.3 Å². The van der Waals surface area contributed by atoms with Gasteiger partial charge in [0.1, 0.15) is 16.6 Å². The lowest BCUT2D eigenvalue weighted by molar-refractivity contribution is -0.157. The fraction of sp³-hybridized carbons (Fsp3) is 0.600. The van der Waals surface area contributed by atoms with Gasteiger partial charge < -0.3 is 9.84 Å². The number of hydrogen-bond acceptors (Lipinski definition) is 5. The quantitative estimate of drug-likeness (QED) is 0.465. The van der Waals surface area contributed by atoms with E-state index in [1.807, 2.05) is 0 Å². The highest BCUT2D eigenvalue weighted by molar-refractivity contribution is 7.15. The second-order valence-corrected chi connectivity index (χ2v) is 11.9. The molecule has 1 aliphatic carbocycles. The molecule has 0 bridgehead atoms. The van der Waals surface area contributed by atoms with Crippen molar-refractivity contribution in [1.82, 2.24) is 9.88 Å². The van der Waals surface area contributed by atoms with E-state index in [0.717, 1.165) is 36.4 Å². The number of benzene rings is 1. The largest absolute Gasteiger partial charge is 0.481 e. The lowest BCUT2D eigenvalue weighted by Gasteiger charge is -2.48. The maximum absolute atomic E-state index is 13.8. The molecule has 0 spiro atoms. The molecule has 4 rings (SSSR count). The standard InChI is InChI=1S/C25H31F3N2O3S/c1-24(2,3)16-10-25(22(31)32,9-15-4-5-15)14-30(12-16)13-18-11-29-21(34-18)19-8-17(26)6-7-20(19)33-23(27)28/h6-8,11,15-16,23H,4-5,9-10,12-14H2,1-3H3,(H,31,32)/t16?,25-/m1/s1. The van der Waals surface area contributed by atoms with E-state index in [-0.39, 0.29) is 22.6 Å². The van der Waals surface area contributed by atoms with Crippen LogP contribution < -0.4 is 4.74 Å². The van der Waals surface area contributed by atoms with Crippen LogP contribution in [0.3, 0.4) is 0 Å². The maximum Gasteiger partial charge on any atom is 0.387 e. The zero-order chi connectivity index (χ0) is 24.7. The van der Waals surface area contributed by atoms with Crippen LogP contribution in [0.2, 0.25) is 0 Å². The first-order valence-electron chi connectivity index (χ1n) is 11.6. The van der Waals surface area contributed by atoms with Gasteiger partial charge in [-0.2, -0.15) is 8.78 Å². The van der Waals surface area contributed by atoms with Crippen LogP contribution in [0.4, 0.5) is 13.2 Å². The van der Waals surface area contributed by atoms with E-state index in [2.05, 4.69) is 35.4 Å². The fourth-order valence-corrected chi connectivity index (χ4v) is 5.94. The third kappa shape index (κ3) is 5.74. The molecule has 1 unspecified atom stereocenters. The van der Waals surface area contributed by atoms with E-state index in [1.54, 1.807) is 6.20 Å². The van der Waals surface area contributed by atoms with Crippen molar-refractivity contribution in [3.05, 3.63) is 35.1 Å². The van der Waals surface area contributed by atoms with Gasteiger partial charge in [0, 0.05) is 30.7 Å². The molecule has 2 aliphatic rings. The van der Waals surface area contributed by atoms with Gasteiger partial charge in [-0.1, -0.05) is 33.6 Å². The molecule has 2 atom stereocenters. The van der Waals surface area contributed by atoms with Crippen LogP contribution in [0.15, 0.2) is 24.4 Å². The van der Waals surface area contributed by atoms with E-state index >= 15 is 0 Å².